The van der Waals surface area contributed by atoms with Gasteiger partial charge in [-0.3, -0.25) is 4.98 Å². The van der Waals surface area contributed by atoms with Gasteiger partial charge < -0.3 is 4.90 Å². The van der Waals surface area contributed by atoms with Crippen molar-refractivity contribution in [3.8, 4) is 0 Å². The molecule has 0 saturated carbocycles. The molecule has 0 aliphatic carbocycles. The average molecular weight is 256 g/mol. The highest BCUT2D eigenvalue weighted by Gasteiger charge is 2.19. The zero-order valence-electron chi connectivity index (χ0n) is 8.28. The molecule has 1 fully saturated rings. The largest absolute Gasteiger partial charge is 0.306 e. The summed E-state index contributed by atoms with van der Waals surface area (Å²) in [5, 5.41) is 0. The predicted molar refractivity (Wildman–Crippen MR) is 59.2 cm³/mol. The molecular weight excluding hydrogens is 242 g/mol. The third-order valence-corrected chi connectivity index (χ3v) is 3.09. The average Bonchev–Trinajstić information content (AvgIpc) is 2.19. The number of likely N-dealkylation sites (N-methyl/N-ethyl adjacent to an activating group) is 1. The van der Waals surface area contributed by atoms with Gasteiger partial charge in [0.15, 0.2) is 0 Å². The number of piperidine rings is 1. The molecule has 1 aromatic rings. The molecule has 2 heterocycles. The normalized spacial score (nSPS) is 23.7. The van der Waals surface area contributed by atoms with Crippen molar-refractivity contribution in [3.05, 3.63) is 22.7 Å². The van der Waals surface area contributed by atoms with E-state index in [4.69, 9.17) is 0 Å². The van der Waals surface area contributed by atoms with Gasteiger partial charge in [0.2, 0.25) is 0 Å². The summed E-state index contributed by atoms with van der Waals surface area (Å²) >= 11 is 3.30. The van der Waals surface area contributed by atoms with Gasteiger partial charge in [0.05, 0.1) is 18.1 Å². The van der Waals surface area contributed by atoms with Crippen LogP contribution in [0.5, 0.6) is 0 Å². The summed E-state index contributed by atoms with van der Waals surface area (Å²) in [4.78, 5) is 11.0. The van der Waals surface area contributed by atoms with Crippen molar-refractivity contribution >= 4 is 15.9 Å². The van der Waals surface area contributed by atoms with E-state index in [2.05, 4.69) is 37.8 Å². The van der Waals surface area contributed by atoms with Gasteiger partial charge in [0.1, 0.15) is 4.60 Å². The predicted octanol–water partition coefficient (Wildman–Crippen LogP) is 2.05. The van der Waals surface area contributed by atoms with Gasteiger partial charge >= 0.3 is 0 Å². The molecule has 0 aromatic carbocycles. The summed E-state index contributed by atoms with van der Waals surface area (Å²) in [6.45, 7) is 2.32. The molecule has 3 nitrogen and oxygen atoms in total. The Labute approximate surface area is 92.7 Å². The fourth-order valence-corrected chi connectivity index (χ4v) is 2.15. The smallest absolute Gasteiger partial charge is 0.124 e. The minimum absolute atomic E-state index is 0.564. The Bertz CT molecular complexity index is 299. The number of hydrogen-bond donors (Lipinski definition) is 0. The van der Waals surface area contributed by atoms with E-state index in [1.807, 2.05) is 6.20 Å². The lowest BCUT2D eigenvalue weighted by Crippen LogP contribution is -2.31. The van der Waals surface area contributed by atoms with E-state index >= 15 is 0 Å². The summed E-state index contributed by atoms with van der Waals surface area (Å²) in [5.74, 6) is 0.564. The first-order valence-corrected chi connectivity index (χ1v) is 5.71. The lowest BCUT2D eigenvalue weighted by molar-refractivity contribution is 0.248. The lowest BCUT2D eigenvalue weighted by atomic mass is 9.95. The van der Waals surface area contributed by atoms with Crippen molar-refractivity contribution in [3.63, 3.8) is 0 Å². The molecule has 1 aromatic heterocycles. The molecule has 0 unspecified atom stereocenters. The van der Waals surface area contributed by atoms with E-state index in [1.54, 1.807) is 6.20 Å². The summed E-state index contributed by atoms with van der Waals surface area (Å²) < 4.78 is 0.811. The molecule has 2 rings (SSSR count). The van der Waals surface area contributed by atoms with Crippen molar-refractivity contribution in [2.75, 3.05) is 20.1 Å². The van der Waals surface area contributed by atoms with Crippen LogP contribution >= 0.6 is 15.9 Å². The third kappa shape index (κ3) is 2.30. The van der Waals surface area contributed by atoms with Gasteiger partial charge in [-0.25, -0.2) is 4.98 Å². The molecule has 1 aliphatic rings. The summed E-state index contributed by atoms with van der Waals surface area (Å²) in [6.07, 6.45) is 6.16. The molecule has 14 heavy (non-hydrogen) atoms. The number of halogens is 1. The Morgan fingerprint density at radius 2 is 2.29 bits per heavy atom. The van der Waals surface area contributed by atoms with Crippen LogP contribution in [0.4, 0.5) is 0 Å². The van der Waals surface area contributed by atoms with Crippen LogP contribution in [0.2, 0.25) is 0 Å². The Balaban J connectivity index is 2.10. The highest BCUT2D eigenvalue weighted by Crippen LogP contribution is 2.24. The Kier molecular flexibility index (Phi) is 3.13. The number of rotatable bonds is 1. The molecule has 76 valence electrons. The van der Waals surface area contributed by atoms with Crippen LogP contribution in [-0.2, 0) is 0 Å². The minimum Gasteiger partial charge on any atom is -0.306 e. The quantitative estimate of drug-likeness (QED) is 0.770. The maximum atomic E-state index is 4.40. The fraction of sp³-hybridized carbons (Fsp3) is 0.600. The first-order valence-electron chi connectivity index (χ1n) is 4.91. The molecule has 1 atom stereocenters. The van der Waals surface area contributed by atoms with Crippen LogP contribution in [0.15, 0.2) is 17.0 Å². The van der Waals surface area contributed by atoms with Crippen LogP contribution < -0.4 is 0 Å². The molecule has 0 amide bonds. The molecule has 4 heteroatoms. The topological polar surface area (TPSA) is 29.0 Å². The Hall–Kier alpha value is -0.480. The van der Waals surface area contributed by atoms with Crippen molar-refractivity contribution in [2.45, 2.75) is 18.8 Å². The van der Waals surface area contributed by atoms with E-state index < -0.39 is 0 Å². The van der Waals surface area contributed by atoms with Crippen molar-refractivity contribution in [1.82, 2.24) is 14.9 Å². The van der Waals surface area contributed by atoms with Crippen molar-refractivity contribution in [2.24, 2.45) is 0 Å². The maximum Gasteiger partial charge on any atom is 0.124 e. The van der Waals surface area contributed by atoms with Gasteiger partial charge in [-0.05, 0) is 42.4 Å². The third-order valence-electron chi connectivity index (χ3n) is 2.68. The zero-order valence-corrected chi connectivity index (χ0v) is 9.87. The van der Waals surface area contributed by atoms with E-state index in [0.29, 0.717) is 5.92 Å². The van der Waals surface area contributed by atoms with E-state index in [1.165, 1.54) is 19.4 Å². The second kappa shape index (κ2) is 4.36. The monoisotopic (exact) mass is 255 g/mol. The van der Waals surface area contributed by atoms with Crippen molar-refractivity contribution < 1.29 is 0 Å². The maximum absolute atomic E-state index is 4.40. The van der Waals surface area contributed by atoms with Crippen LogP contribution in [-0.4, -0.2) is 35.0 Å². The molecule has 1 saturated heterocycles. The van der Waals surface area contributed by atoms with Gasteiger partial charge in [0.25, 0.3) is 0 Å². The van der Waals surface area contributed by atoms with Gasteiger partial charge in [-0.1, -0.05) is 0 Å². The molecule has 1 aliphatic heterocycles. The molecular formula is C10H14BrN3. The molecule has 0 radical (unpaired) electrons. The lowest BCUT2D eigenvalue weighted by Gasteiger charge is -2.28. The van der Waals surface area contributed by atoms with Crippen LogP contribution in [0.3, 0.4) is 0 Å². The second-order valence-corrected chi connectivity index (χ2v) is 4.68. The van der Waals surface area contributed by atoms with Gasteiger partial charge in [0, 0.05) is 12.5 Å². The Morgan fingerprint density at radius 1 is 1.43 bits per heavy atom. The fourth-order valence-electron chi connectivity index (χ4n) is 1.94. The number of aromatic nitrogens is 2. The Morgan fingerprint density at radius 3 is 2.93 bits per heavy atom. The van der Waals surface area contributed by atoms with Gasteiger partial charge in [-0.2, -0.15) is 0 Å². The number of hydrogen-bond acceptors (Lipinski definition) is 3. The van der Waals surface area contributed by atoms with Gasteiger partial charge in [-0.15, -0.1) is 0 Å². The second-order valence-electron chi connectivity index (χ2n) is 3.87. The van der Waals surface area contributed by atoms with Crippen LogP contribution in [0, 0.1) is 0 Å². The molecule has 0 N–H and O–H groups in total. The van der Waals surface area contributed by atoms with Crippen LogP contribution in [0.1, 0.15) is 24.5 Å². The highest BCUT2D eigenvalue weighted by molar-refractivity contribution is 9.10. The van der Waals surface area contributed by atoms with E-state index in [-0.39, 0.29) is 0 Å². The first-order chi connectivity index (χ1) is 6.75. The standard InChI is InChI=1S/C10H14BrN3/c1-14-4-2-3-8(7-14)9-5-13-10(11)6-12-9/h5-6,8H,2-4,7H2,1H3/t8-/m0/s1. The van der Waals surface area contributed by atoms with Crippen molar-refractivity contribution in [1.29, 1.82) is 0 Å². The first kappa shape index (κ1) is 10.1. The molecule has 0 spiro atoms. The summed E-state index contributed by atoms with van der Waals surface area (Å²) in [6, 6.07) is 0. The minimum atomic E-state index is 0.564. The zero-order chi connectivity index (χ0) is 9.97. The van der Waals surface area contributed by atoms with Crippen LogP contribution in [0.25, 0.3) is 0 Å². The summed E-state index contributed by atoms with van der Waals surface area (Å²) in [5.41, 5.74) is 1.12. The van der Waals surface area contributed by atoms with E-state index in [9.17, 15) is 0 Å². The number of nitrogens with zero attached hydrogens (tertiary/aromatic N) is 3. The molecule has 0 bridgehead atoms. The SMILES string of the molecule is CN1CCC[C@H](c2cnc(Br)cn2)C1. The summed E-state index contributed by atoms with van der Waals surface area (Å²) in [7, 11) is 2.17. The van der Waals surface area contributed by atoms with E-state index in [0.717, 1.165) is 16.8 Å². The number of likely N-dealkylation sites (tertiary alicyclic amines) is 1. The highest BCUT2D eigenvalue weighted by atomic mass is 79.9.